The van der Waals surface area contributed by atoms with E-state index in [2.05, 4.69) is 39.2 Å². The highest BCUT2D eigenvalue weighted by atomic mass is 32.2. The molecule has 0 atom stereocenters. The van der Waals surface area contributed by atoms with Crippen molar-refractivity contribution in [3.63, 3.8) is 0 Å². The molecule has 0 aliphatic heterocycles. The summed E-state index contributed by atoms with van der Waals surface area (Å²) in [6, 6.07) is 7.68. The van der Waals surface area contributed by atoms with Crippen LogP contribution in [-0.4, -0.2) is 52.2 Å². The Hall–Kier alpha value is -1.86. The second-order valence-corrected chi connectivity index (χ2v) is 6.02. The Kier molecular flexibility index (Phi) is 7.09. The summed E-state index contributed by atoms with van der Waals surface area (Å²) >= 11 is 1.58. The van der Waals surface area contributed by atoms with E-state index in [1.54, 1.807) is 11.8 Å². The Balaban J connectivity index is 1.78. The topological polar surface area (TPSA) is 73.9 Å². The van der Waals surface area contributed by atoms with Crippen molar-refractivity contribution >= 4 is 17.7 Å². The quantitative estimate of drug-likeness (QED) is 0.688. The van der Waals surface area contributed by atoms with Crippen molar-refractivity contribution in [1.29, 1.82) is 0 Å². The van der Waals surface area contributed by atoms with E-state index >= 15 is 0 Å². The van der Waals surface area contributed by atoms with E-state index in [4.69, 9.17) is 0 Å². The first-order valence-corrected chi connectivity index (χ1v) is 8.79. The molecule has 0 aliphatic rings. The molecule has 7 heteroatoms. The minimum absolute atomic E-state index is 0.0217. The Labute approximate surface area is 141 Å². The maximum absolute atomic E-state index is 12.1. The van der Waals surface area contributed by atoms with Gasteiger partial charge in [0, 0.05) is 24.4 Å². The third-order valence-electron chi connectivity index (χ3n) is 3.59. The summed E-state index contributed by atoms with van der Waals surface area (Å²) < 4.78 is 0. The van der Waals surface area contributed by atoms with Crippen LogP contribution in [0.25, 0.3) is 0 Å². The number of carbonyl (C=O) groups is 1. The van der Waals surface area contributed by atoms with Gasteiger partial charge in [0.2, 0.25) is 0 Å². The summed E-state index contributed by atoms with van der Waals surface area (Å²) in [6.45, 7) is 7.81. The number of aromatic amines is 1. The lowest BCUT2D eigenvalue weighted by Gasteiger charge is -2.17. The van der Waals surface area contributed by atoms with E-state index in [9.17, 15) is 4.79 Å². The summed E-state index contributed by atoms with van der Waals surface area (Å²) in [7, 11) is 0. The molecule has 2 aromatic rings. The molecule has 0 radical (unpaired) electrons. The number of nitrogens with zero attached hydrogens (tertiary/aromatic N) is 3. The van der Waals surface area contributed by atoms with Gasteiger partial charge in [0.05, 0.1) is 0 Å². The lowest BCUT2D eigenvalue weighted by molar-refractivity contribution is 0.0949. The number of benzene rings is 1. The van der Waals surface area contributed by atoms with Crippen LogP contribution in [0, 0.1) is 0 Å². The van der Waals surface area contributed by atoms with E-state index in [1.165, 1.54) is 6.33 Å². The lowest BCUT2D eigenvalue weighted by atomic mass is 10.1. The fraction of sp³-hybridized carbons (Fsp3) is 0.438. The maximum Gasteiger partial charge on any atom is 0.251 e. The minimum Gasteiger partial charge on any atom is -0.351 e. The van der Waals surface area contributed by atoms with Gasteiger partial charge >= 0.3 is 0 Å². The fourth-order valence-corrected chi connectivity index (χ4v) is 2.87. The molecule has 2 N–H and O–H groups in total. The molecule has 0 fully saturated rings. The van der Waals surface area contributed by atoms with Crippen LogP contribution in [0.15, 0.2) is 35.7 Å². The van der Waals surface area contributed by atoms with Crippen LogP contribution in [0.2, 0.25) is 0 Å². The summed E-state index contributed by atoms with van der Waals surface area (Å²) in [5, 5.41) is 10.4. The molecule has 2 rings (SSSR count). The van der Waals surface area contributed by atoms with Gasteiger partial charge < -0.3 is 10.2 Å². The summed E-state index contributed by atoms with van der Waals surface area (Å²) in [6.07, 6.45) is 1.49. The highest BCUT2D eigenvalue weighted by molar-refractivity contribution is 7.98. The van der Waals surface area contributed by atoms with Crippen LogP contribution in [0.1, 0.15) is 29.8 Å². The van der Waals surface area contributed by atoms with Crippen molar-refractivity contribution in [3.8, 4) is 0 Å². The maximum atomic E-state index is 12.1. The van der Waals surface area contributed by atoms with Gasteiger partial charge in [-0.1, -0.05) is 37.7 Å². The molecule has 0 bridgehead atoms. The summed E-state index contributed by atoms with van der Waals surface area (Å²) in [5.41, 5.74) is 1.84. The van der Waals surface area contributed by atoms with Crippen LogP contribution in [0.5, 0.6) is 0 Å². The van der Waals surface area contributed by atoms with Gasteiger partial charge in [-0.15, -0.1) is 0 Å². The number of nitrogens with one attached hydrogen (secondary N) is 2. The van der Waals surface area contributed by atoms with Crippen molar-refractivity contribution < 1.29 is 4.79 Å². The number of likely N-dealkylation sites (N-methyl/N-ethyl adjacent to an activating group) is 1. The third-order valence-corrected chi connectivity index (χ3v) is 4.54. The van der Waals surface area contributed by atoms with E-state index < -0.39 is 0 Å². The van der Waals surface area contributed by atoms with Gasteiger partial charge in [0.25, 0.3) is 5.91 Å². The van der Waals surface area contributed by atoms with E-state index in [-0.39, 0.29) is 5.91 Å². The molecular formula is C16H23N5OS. The predicted octanol–water partition coefficient (Wildman–Crippen LogP) is 2.17. The Morgan fingerprint density at radius 2 is 2.00 bits per heavy atom. The highest BCUT2D eigenvalue weighted by Crippen LogP contribution is 2.18. The number of rotatable bonds is 9. The van der Waals surface area contributed by atoms with E-state index in [0.717, 1.165) is 36.1 Å². The lowest BCUT2D eigenvalue weighted by Crippen LogP contribution is -2.34. The molecule has 1 aromatic carbocycles. The van der Waals surface area contributed by atoms with Gasteiger partial charge in [0.15, 0.2) is 5.16 Å². The average Bonchev–Trinajstić information content (AvgIpc) is 3.11. The number of hydrogen-bond acceptors (Lipinski definition) is 5. The average molecular weight is 333 g/mol. The van der Waals surface area contributed by atoms with Crippen molar-refractivity contribution in [1.82, 2.24) is 25.4 Å². The van der Waals surface area contributed by atoms with Gasteiger partial charge in [-0.05, 0) is 30.8 Å². The number of amides is 1. The second-order valence-electron chi connectivity index (χ2n) is 5.06. The van der Waals surface area contributed by atoms with Crippen molar-refractivity contribution in [3.05, 3.63) is 41.7 Å². The number of carbonyl (C=O) groups excluding carboxylic acids is 1. The molecule has 0 saturated carbocycles. The monoisotopic (exact) mass is 333 g/mol. The zero-order valence-corrected chi connectivity index (χ0v) is 14.4. The number of aromatic nitrogens is 3. The molecular weight excluding hydrogens is 310 g/mol. The molecule has 1 heterocycles. The van der Waals surface area contributed by atoms with Crippen LogP contribution in [0.3, 0.4) is 0 Å². The molecule has 124 valence electrons. The van der Waals surface area contributed by atoms with Crippen molar-refractivity contribution in [2.24, 2.45) is 0 Å². The fourth-order valence-electron chi connectivity index (χ4n) is 2.14. The normalized spacial score (nSPS) is 10.9. The largest absolute Gasteiger partial charge is 0.351 e. The molecule has 1 aromatic heterocycles. The van der Waals surface area contributed by atoms with Gasteiger partial charge in [-0.25, -0.2) is 4.98 Å². The molecule has 23 heavy (non-hydrogen) atoms. The zero-order valence-electron chi connectivity index (χ0n) is 13.6. The molecule has 0 saturated heterocycles. The molecule has 0 aliphatic carbocycles. The standard InChI is InChI=1S/C16H23N5OS/c1-3-21(4-2)10-9-17-15(22)14-7-5-13(6-8-14)11-23-16-18-12-19-20-16/h5-8,12H,3-4,9-11H2,1-2H3,(H,17,22)(H,18,19,20). The number of H-pyrrole nitrogens is 1. The smallest absolute Gasteiger partial charge is 0.251 e. The van der Waals surface area contributed by atoms with Gasteiger partial charge in [-0.3, -0.25) is 9.89 Å². The first-order chi connectivity index (χ1) is 11.2. The zero-order chi connectivity index (χ0) is 16.5. The minimum atomic E-state index is -0.0217. The molecule has 1 amide bonds. The predicted molar refractivity (Wildman–Crippen MR) is 92.5 cm³/mol. The highest BCUT2D eigenvalue weighted by Gasteiger charge is 2.06. The summed E-state index contributed by atoms with van der Waals surface area (Å²) in [4.78, 5) is 18.4. The van der Waals surface area contributed by atoms with Crippen molar-refractivity contribution in [2.75, 3.05) is 26.2 Å². The van der Waals surface area contributed by atoms with Crippen LogP contribution in [0.4, 0.5) is 0 Å². The van der Waals surface area contributed by atoms with Gasteiger partial charge in [0.1, 0.15) is 6.33 Å². The van der Waals surface area contributed by atoms with E-state index in [0.29, 0.717) is 12.1 Å². The second kappa shape index (κ2) is 9.32. The Morgan fingerprint density at radius 3 is 2.61 bits per heavy atom. The molecule has 0 spiro atoms. The van der Waals surface area contributed by atoms with Crippen LogP contribution < -0.4 is 5.32 Å². The van der Waals surface area contributed by atoms with Crippen molar-refractivity contribution in [2.45, 2.75) is 24.8 Å². The molecule has 0 unspecified atom stereocenters. The van der Waals surface area contributed by atoms with E-state index in [1.807, 2.05) is 24.3 Å². The first kappa shape index (κ1) is 17.5. The number of hydrogen-bond donors (Lipinski definition) is 2. The SMILES string of the molecule is CCN(CC)CCNC(=O)c1ccc(CSc2ncn[nH]2)cc1. The first-order valence-electron chi connectivity index (χ1n) is 7.80. The van der Waals surface area contributed by atoms with Crippen LogP contribution in [-0.2, 0) is 5.75 Å². The number of thioether (sulfide) groups is 1. The third kappa shape index (κ3) is 5.69. The molecule has 6 nitrogen and oxygen atoms in total. The summed E-state index contributed by atoms with van der Waals surface area (Å²) in [5.74, 6) is 0.769. The van der Waals surface area contributed by atoms with Crippen LogP contribution >= 0.6 is 11.8 Å². The van der Waals surface area contributed by atoms with Gasteiger partial charge in [-0.2, -0.15) is 5.10 Å². The Morgan fingerprint density at radius 1 is 1.26 bits per heavy atom. The Bertz CT molecular complexity index is 581.